The molecule has 2 aliphatic rings. The number of amides is 2. The zero-order valence-corrected chi connectivity index (χ0v) is 27.2. The second kappa shape index (κ2) is 13.8. The van der Waals surface area contributed by atoms with Crippen molar-refractivity contribution in [1.82, 2.24) is 19.8 Å². The van der Waals surface area contributed by atoms with Gasteiger partial charge in [-0.1, -0.05) is 24.3 Å². The molecule has 2 aliphatic heterocycles. The van der Waals surface area contributed by atoms with Gasteiger partial charge in [0.25, 0.3) is 0 Å². The Morgan fingerprint density at radius 3 is 1.32 bits per heavy atom. The quantitative estimate of drug-likeness (QED) is 0.303. The van der Waals surface area contributed by atoms with Gasteiger partial charge < -0.3 is 19.3 Å². The van der Waals surface area contributed by atoms with E-state index in [0.717, 1.165) is 33.2 Å². The molecule has 4 heterocycles. The molecule has 0 spiro atoms. The smallest absolute Gasteiger partial charge is 0.410 e. The summed E-state index contributed by atoms with van der Waals surface area (Å²) in [5.41, 5.74) is 3.77. The van der Waals surface area contributed by atoms with Crippen molar-refractivity contribution in [3.63, 3.8) is 0 Å². The molecule has 0 saturated carbocycles. The van der Waals surface area contributed by atoms with Crippen molar-refractivity contribution in [1.29, 1.82) is 0 Å². The van der Waals surface area contributed by atoms with Gasteiger partial charge in [-0.2, -0.15) is 0 Å². The number of halogens is 2. The third-order valence-corrected chi connectivity index (χ3v) is 6.86. The van der Waals surface area contributed by atoms with Crippen LogP contribution in [-0.4, -0.2) is 69.3 Å². The van der Waals surface area contributed by atoms with Crippen molar-refractivity contribution in [2.75, 3.05) is 26.2 Å². The Kier molecular flexibility index (Phi) is 10.9. The monoisotopic (exact) mass is 676 g/mol. The number of ether oxygens (including phenoxy) is 2. The maximum atomic E-state index is 12.0. The molecule has 2 amide bonds. The van der Waals surface area contributed by atoms with E-state index < -0.39 is 11.2 Å². The molecule has 0 unspecified atom stereocenters. The summed E-state index contributed by atoms with van der Waals surface area (Å²) >= 11 is 6.65. The molecule has 8 nitrogen and oxygen atoms in total. The van der Waals surface area contributed by atoms with Gasteiger partial charge in [-0.15, -0.1) is 0 Å². The summed E-state index contributed by atoms with van der Waals surface area (Å²) < 4.78 is 12.4. The molecule has 0 bridgehead atoms. The van der Waals surface area contributed by atoms with Crippen LogP contribution < -0.4 is 0 Å². The molecular formula is C30H38Br2N4O4. The Bertz CT molecular complexity index is 1130. The Morgan fingerprint density at radius 1 is 0.700 bits per heavy atom. The minimum Gasteiger partial charge on any atom is -0.444 e. The number of hydrogen-bond donors (Lipinski definition) is 0. The lowest BCUT2D eigenvalue weighted by molar-refractivity contribution is 0.0260. The fraction of sp³-hybridized carbons (Fsp3) is 0.467. The first-order valence-corrected chi connectivity index (χ1v) is 14.9. The van der Waals surface area contributed by atoms with E-state index in [-0.39, 0.29) is 12.2 Å². The summed E-state index contributed by atoms with van der Waals surface area (Å²) in [4.78, 5) is 35.8. The standard InChI is InChI=1S/2C15H19BrN2O2/c2*1-15(2,3)20-14(19)18-8-6-11(7-9-18)12-4-5-13(16)17-10-12/h2*4-6,10H,7-9H2,1-3H3. The number of aromatic nitrogens is 2. The summed E-state index contributed by atoms with van der Waals surface area (Å²) in [6.45, 7) is 13.8. The zero-order chi connectivity index (χ0) is 29.5. The predicted octanol–water partition coefficient (Wildman–Crippen LogP) is 7.74. The first-order valence-electron chi connectivity index (χ1n) is 13.3. The summed E-state index contributed by atoms with van der Waals surface area (Å²) in [7, 11) is 0. The number of nitrogens with zero attached hydrogens (tertiary/aromatic N) is 4. The van der Waals surface area contributed by atoms with Crippen LogP contribution in [-0.2, 0) is 9.47 Å². The van der Waals surface area contributed by atoms with Crippen LogP contribution >= 0.6 is 31.9 Å². The largest absolute Gasteiger partial charge is 0.444 e. The van der Waals surface area contributed by atoms with E-state index in [1.165, 1.54) is 11.1 Å². The number of hydrogen-bond acceptors (Lipinski definition) is 6. The van der Waals surface area contributed by atoms with Crippen LogP contribution in [0.5, 0.6) is 0 Å². The maximum absolute atomic E-state index is 12.0. The number of pyridine rings is 2. The van der Waals surface area contributed by atoms with E-state index in [4.69, 9.17) is 9.47 Å². The molecule has 40 heavy (non-hydrogen) atoms. The van der Waals surface area contributed by atoms with Crippen molar-refractivity contribution in [2.45, 2.75) is 65.6 Å². The summed E-state index contributed by atoms with van der Waals surface area (Å²) in [6, 6.07) is 7.92. The van der Waals surface area contributed by atoms with Gasteiger partial charge >= 0.3 is 12.2 Å². The van der Waals surface area contributed by atoms with E-state index in [9.17, 15) is 9.59 Å². The minimum atomic E-state index is -0.448. The highest BCUT2D eigenvalue weighted by Crippen LogP contribution is 2.25. The molecule has 216 valence electrons. The van der Waals surface area contributed by atoms with Crippen LogP contribution in [0, 0.1) is 0 Å². The highest BCUT2D eigenvalue weighted by Gasteiger charge is 2.25. The fourth-order valence-corrected chi connectivity index (χ4v) is 4.45. The van der Waals surface area contributed by atoms with E-state index in [1.54, 1.807) is 9.80 Å². The van der Waals surface area contributed by atoms with Gasteiger partial charge in [-0.25, -0.2) is 19.6 Å². The highest BCUT2D eigenvalue weighted by molar-refractivity contribution is 9.10. The van der Waals surface area contributed by atoms with Gasteiger partial charge in [0.2, 0.25) is 0 Å². The van der Waals surface area contributed by atoms with Gasteiger partial charge in [0.05, 0.1) is 0 Å². The minimum absolute atomic E-state index is 0.248. The molecule has 0 atom stereocenters. The van der Waals surface area contributed by atoms with Crippen LogP contribution in [0.3, 0.4) is 0 Å². The average Bonchev–Trinajstić information content (AvgIpc) is 2.88. The number of rotatable bonds is 2. The molecule has 0 fully saturated rings. The summed E-state index contributed by atoms with van der Waals surface area (Å²) in [5.74, 6) is 0. The van der Waals surface area contributed by atoms with E-state index in [1.807, 2.05) is 78.2 Å². The second-order valence-corrected chi connectivity index (χ2v) is 13.2. The first kappa shape index (κ1) is 31.8. The van der Waals surface area contributed by atoms with Crippen LogP contribution in [0.1, 0.15) is 65.5 Å². The Morgan fingerprint density at radius 2 is 1.07 bits per heavy atom. The summed E-state index contributed by atoms with van der Waals surface area (Å²) in [5, 5.41) is 0. The zero-order valence-electron chi connectivity index (χ0n) is 24.0. The fourth-order valence-electron chi connectivity index (χ4n) is 3.98. The van der Waals surface area contributed by atoms with Gasteiger partial charge in [-0.05, 0) is 121 Å². The molecule has 0 radical (unpaired) electrons. The Labute approximate surface area is 254 Å². The van der Waals surface area contributed by atoms with Crippen molar-refractivity contribution in [2.24, 2.45) is 0 Å². The molecule has 4 rings (SSSR count). The molecule has 10 heteroatoms. The van der Waals surface area contributed by atoms with E-state index in [0.29, 0.717) is 26.2 Å². The third-order valence-electron chi connectivity index (χ3n) is 5.92. The second-order valence-electron chi connectivity index (χ2n) is 11.6. The topological polar surface area (TPSA) is 84.9 Å². The van der Waals surface area contributed by atoms with Crippen molar-refractivity contribution >= 4 is 55.2 Å². The molecule has 0 N–H and O–H groups in total. The normalized spacial score (nSPS) is 15.8. The van der Waals surface area contributed by atoms with Gasteiger partial charge in [0.15, 0.2) is 0 Å². The van der Waals surface area contributed by atoms with E-state index in [2.05, 4.69) is 54.0 Å². The molecule has 0 aliphatic carbocycles. The van der Waals surface area contributed by atoms with Crippen molar-refractivity contribution in [3.05, 3.63) is 69.1 Å². The molecule has 0 saturated heterocycles. The first-order chi connectivity index (χ1) is 18.7. The molecular weight excluding hydrogens is 640 g/mol. The van der Waals surface area contributed by atoms with Gasteiger partial charge in [0.1, 0.15) is 20.4 Å². The predicted molar refractivity (Wildman–Crippen MR) is 165 cm³/mol. The van der Waals surface area contributed by atoms with Crippen LogP contribution in [0.15, 0.2) is 58.0 Å². The van der Waals surface area contributed by atoms with Gasteiger partial charge in [-0.3, -0.25) is 0 Å². The van der Waals surface area contributed by atoms with Crippen molar-refractivity contribution < 1.29 is 19.1 Å². The van der Waals surface area contributed by atoms with Crippen molar-refractivity contribution in [3.8, 4) is 0 Å². The lowest BCUT2D eigenvalue weighted by atomic mass is 10.0. The lowest BCUT2D eigenvalue weighted by Gasteiger charge is -2.29. The van der Waals surface area contributed by atoms with Crippen LogP contribution in [0.2, 0.25) is 0 Å². The van der Waals surface area contributed by atoms with Gasteiger partial charge in [0, 0.05) is 38.6 Å². The third kappa shape index (κ3) is 10.4. The maximum Gasteiger partial charge on any atom is 0.410 e. The average molecular weight is 678 g/mol. The lowest BCUT2D eigenvalue weighted by Crippen LogP contribution is -2.39. The Hall–Kier alpha value is -2.72. The van der Waals surface area contributed by atoms with E-state index >= 15 is 0 Å². The Balaban J connectivity index is 0.000000220. The van der Waals surface area contributed by atoms with Crippen LogP contribution in [0.4, 0.5) is 9.59 Å². The molecule has 2 aromatic rings. The SMILES string of the molecule is CC(C)(C)OC(=O)N1CC=C(c2ccc(Br)nc2)CC1.CC(C)(C)OC(=O)N1CC=C(c2ccc(Br)nc2)CC1. The van der Waals surface area contributed by atoms with Crippen LogP contribution in [0.25, 0.3) is 11.1 Å². The highest BCUT2D eigenvalue weighted by atomic mass is 79.9. The summed E-state index contributed by atoms with van der Waals surface area (Å²) in [6.07, 6.45) is 8.98. The molecule has 0 aromatic carbocycles. The number of carbonyl (C=O) groups is 2. The molecule has 2 aromatic heterocycles. The number of carbonyl (C=O) groups excluding carboxylic acids is 2.